The molecule has 0 rings (SSSR count). The lowest BCUT2D eigenvalue weighted by molar-refractivity contribution is -0.140. The van der Waals surface area contributed by atoms with Gasteiger partial charge in [-0.1, -0.05) is 0 Å². The molecule has 0 aromatic carbocycles. The van der Waals surface area contributed by atoms with Crippen LogP contribution in [0.25, 0.3) is 0 Å². The second-order valence-electron chi connectivity index (χ2n) is 1.36. The topological polar surface area (TPSA) is 83.8 Å². The number of aliphatic carboxylic acids is 1. The third-order valence-electron chi connectivity index (χ3n) is 0.655. The Kier molecular flexibility index (Phi) is 2.96. The first-order valence-electron chi connectivity index (χ1n) is 2.30. The molecule has 0 unspecified atom stereocenters. The SMILES string of the molecule is COC(=O)/C(O)=C\C(=O)O. The highest BCUT2D eigenvalue weighted by molar-refractivity contribution is 5.93. The predicted molar refractivity (Wildman–Crippen MR) is 30.4 cm³/mol. The van der Waals surface area contributed by atoms with E-state index >= 15 is 0 Å². The number of rotatable bonds is 2. The number of aliphatic hydroxyl groups is 1. The molecule has 0 aromatic rings. The molecule has 10 heavy (non-hydrogen) atoms. The van der Waals surface area contributed by atoms with Gasteiger partial charge in [-0.3, -0.25) is 0 Å². The highest BCUT2D eigenvalue weighted by Crippen LogP contribution is 1.89. The standard InChI is InChI=1S/C5H6O5/c1-10-5(9)3(6)2-4(7)8/h2,6H,1H3,(H,7,8)/b3-2+. The van der Waals surface area contributed by atoms with Gasteiger partial charge in [-0.2, -0.15) is 0 Å². The molecule has 0 saturated heterocycles. The Bertz CT molecular complexity index is 180. The highest BCUT2D eigenvalue weighted by atomic mass is 16.5. The maximum Gasteiger partial charge on any atom is 0.373 e. The van der Waals surface area contributed by atoms with Crippen molar-refractivity contribution in [1.29, 1.82) is 0 Å². The van der Waals surface area contributed by atoms with E-state index < -0.39 is 17.7 Å². The predicted octanol–water partition coefficient (Wildman–Crippen LogP) is -0.314. The zero-order valence-electron chi connectivity index (χ0n) is 5.20. The quantitative estimate of drug-likeness (QED) is 0.317. The Morgan fingerprint density at radius 1 is 1.40 bits per heavy atom. The van der Waals surface area contributed by atoms with Crippen molar-refractivity contribution in [3.8, 4) is 0 Å². The molecule has 0 aromatic heterocycles. The molecule has 0 heterocycles. The molecule has 0 radical (unpaired) electrons. The van der Waals surface area contributed by atoms with E-state index in [0.717, 1.165) is 7.11 Å². The van der Waals surface area contributed by atoms with E-state index in [1.807, 2.05) is 0 Å². The van der Waals surface area contributed by atoms with Crippen molar-refractivity contribution in [1.82, 2.24) is 0 Å². The number of methoxy groups -OCH3 is 1. The Balaban J connectivity index is 4.19. The van der Waals surface area contributed by atoms with Crippen LogP contribution in [0.5, 0.6) is 0 Å². The number of aliphatic hydroxyl groups excluding tert-OH is 1. The molecular weight excluding hydrogens is 140 g/mol. The summed E-state index contributed by atoms with van der Waals surface area (Å²) >= 11 is 0. The molecule has 0 fully saturated rings. The van der Waals surface area contributed by atoms with Gasteiger partial charge in [0, 0.05) is 0 Å². The van der Waals surface area contributed by atoms with Crippen molar-refractivity contribution in [2.45, 2.75) is 0 Å². The largest absolute Gasteiger partial charge is 0.502 e. The molecule has 0 spiro atoms. The molecule has 0 aliphatic rings. The van der Waals surface area contributed by atoms with Gasteiger partial charge < -0.3 is 14.9 Å². The third kappa shape index (κ3) is 2.71. The van der Waals surface area contributed by atoms with Gasteiger partial charge in [-0.25, -0.2) is 9.59 Å². The minimum atomic E-state index is -1.40. The minimum Gasteiger partial charge on any atom is -0.502 e. The van der Waals surface area contributed by atoms with E-state index in [1.165, 1.54) is 0 Å². The molecule has 5 nitrogen and oxygen atoms in total. The monoisotopic (exact) mass is 146 g/mol. The van der Waals surface area contributed by atoms with Crippen molar-refractivity contribution in [3.63, 3.8) is 0 Å². The van der Waals surface area contributed by atoms with Crippen LogP contribution in [0.2, 0.25) is 0 Å². The zero-order valence-corrected chi connectivity index (χ0v) is 5.20. The number of carbonyl (C=O) groups is 2. The van der Waals surface area contributed by atoms with Gasteiger partial charge in [0.25, 0.3) is 0 Å². The van der Waals surface area contributed by atoms with Gasteiger partial charge >= 0.3 is 11.9 Å². The summed E-state index contributed by atoms with van der Waals surface area (Å²) in [6.45, 7) is 0. The van der Waals surface area contributed by atoms with Crippen molar-refractivity contribution >= 4 is 11.9 Å². The van der Waals surface area contributed by atoms with Crippen LogP contribution in [-0.4, -0.2) is 29.3 Å². The first-order chi connectivity index (χ1) is 4.57. The highest BCUT2D eigenvalue weighted by Gasteiger charge is 2.07. The van der Waals surface area contributed by atoms with E-state index in [-0.39, 0.29) is 0 Å². The van der Waals surface area contributed by atoms with E-state index in [4.69, 9.17) is 10.2 Å². The summed E-state index contributed by atoms with van der Waals surface area (Å²) in [5.41, 5.74) is 0. The number of hydrogen-bond acceptors (Lipinski definition) is 4. The van der Waals surface area contributed by atoms with Gasteiger partial charge in [0.15, 0.2) is 0 Å². The second-order valence-corrected chi connectivity index (χ2v) is 1.36. The number of carboxylic acids is 1. The second kappa shape index (κ2) is 3.49. The Hall–Kier alpha value is -1.52. The van der Waals surface area contributed by atoms with E-state index in [0.29, 0.717) is 6.08 Å². The zero-order chi connectivity index (χ0) is 8.15. The molecule has 56 valence electrons. The van der Waals surface area contributed by atoms with Gasteiger partial charge in [0.05, 0.1) is 13.2 Å². The fourth-order valence-electron chi connectivity index (χ4n) is 0.280. The molecule has 0 aliphatic carbocycles. The fourth-order valence-corrected chi connectivity index (χ4v) is 0.280. The molecule has 2 N–H and O–H groups in total. The number of esters is 1. The summed E-state index contributed by atoms with van der Waals surface area (Å²) in [6.07, 6.45) is 0.353. The Labute approximate surface area is 56.5 Å². The van der Waals surface area contributed by atoms with Gasteiger partial charge in [0.1, 0.15) is 0 Å². The third-order valence-corrected chi connectivity index (χ3v) is 0.655. The Morgan fingerprint density at radius 3 is 2.20 bits per heavy atom. The van der Waals surface area contributed by atoms with Crippen LogP contribution in [0.15, 0.2) is 11.8 Å². The van der Waals surface area contributed by atoms with Crippen molar-refractivity contribution in [2.75, 3.05) is 7.11 Å². The lowest BCUT2D eigenvalue weighted by Crippen LogP contribution is -2.05. The van der Waals surface area contributed by atoms with E-state index in [2.05, 4.69) is 4.74 Å². The number of hydrogen-bond donors (Lipinski definition) is 2. The van der Waals surface area contributed by atoms with Crippen LogP contribution in [0.3, 0.4) is 0 Å². The summed E-state index contributed by atoms with van der Waals surface area (Å²) in [4.78, 5) is 20.0. The van der Waals surface area contributed by atoms with Gasteiger partial charge in [-0.05, 0) is 0 Å². The maximum atomic E-state index is 10.2. The van der Waals surface area contributed by atoms with Gasteiger partial charge in [0.2, 0.25) is 5.76 Å². The summed E-state index contributed by atoms with van der Waals surface area (Å²) in [5.74, 6) is -3.39. The van der Waals surface area contributed by atoms with Crippen molar-refractivity contribution < 1.29 is 24.5 Å². The summed E-state index contributed by atoms with van der Waals surface area (Å²) in [6, 6.07) is 0. The molecule has 5 heteroatoms. The molecule has 0 saturated carbocycles. The summed E-state index contributed by atoms with van der Waals surface area (Å²) in [7, 11) is 1.04. The lowest BCUT2D eigenvalue weighted by Gasteiger charge is -1.93. The number of carbonyl (C=O) groups excluding carboxylic acids is 1. The number of ether oxygens (including phenoxy) is 1. The van der Waals surface area contributed by atoms with Crippen LogP contribution >= 0.6 is 0 Å². The minimum absolute atomic E-state index is 0.353. The van der Waals surface area contributed by atoms with Crippen LogP contribution in [0, 0.1) is 0 Å². The van der Waals surface area contributed by atoms with Crippen molar-refractivity contribution in [3.05, 3.63) is 11.8 Å². The lowest BCUT2D eigenvalue weighted by atomic mass is 10.4. The van der Waals surface area contributed by atoms with Crippen LogP contribution < -0.4 is 0 Å². The van der Waals surface area contributed by atoms with Crippen LogP contribution in [0.4, 0.5) is 0 Å². The molecule has 0 bridgehead atoms. The molecule has 0 atom stereocenters. The first kappa shape index (κ1) is 8.48. The van der Waals surface area contributed by atoms with Crippen molar-refractivity contribution in [2.24, 2.45) is 0 Å². The average molecular weight is 146 g/mol. The van der Waals surface area contributed by atoms with E-state index in [9.17, 15) is 9.59 Å². The molecular formula is C5H6O5. The normalized spacial score (nSPS) is 10.7. The Morgan fingerprint density at radius 2 is 1.90 bits per heavy atom. The number of carboxylic acid groups (broad SMARTS) is 1. The maximum absolute atomic E-state index is 10.2. The average Bonchev–Trinajstić information content (AvgIpc) is 1.85. The summed E-state index contributed by atoms with van der Waals surface area (Å²) < 4.78 is 3.99. The van der Waals surface area contributed by atoms with Gasteiger partial charge in [-0.15, -0.1) is 0 Å². The van der Waals surface area contributed by atoms with Crippen LogP contribution in [-0.2, 0) is 14.3 Å². The van der Waals surface area contributed by atoms with Crippen LogP contribution in [0.1, 0.15) is 0 Å². The first-order valence-corrected chi connectivity index (χ1v) is 2.30. The fraction of sp³-hybridized carbons (Fsp3) is 0.200. The molecule has 0 aliphatic heterocycles. The molecule has 0 amide bonds. The summed E-state index contributed by atoms with van der Waals surface area (Å²) in [5, 5.41) is 16.5. The smallest absolute Gasteiger partial charge is 0.373 e. The van der Waals surface area contributed by atoms with E-state index in [1.54, 1.807) is 0 Å².